The van der Waals surface area contributed by atoms with E-state index in [0.717, 1.165) is 24.8 Å². The molecule has 0 atom stereocenters. The number of ketones is 1. The molecule has 120 valence electrons. The van der Waals surface area contributed by atoms with Crippen LogP contribution in [0.25, 0.3) is 0 Å². The largest absolute Gasteiger partial charge is 0.479 e. The van der Waals surface area contributed by atoms with Crippen LogP contribution in [0.3, 0.4) is 0 Å². The van der Waals surface area contributed by atoms with E-state index in [1.54, 1.807) is 12.1 Å². The molecule has 0 fully saturated rings. The van der Waals surface area contributed by atoms with Crippen LogP contribution >= 0.6 is 0 Å². The monoisotopic (exact) mass is 324 g/mol. The van der Waals surface area contributed by atoms with E-state index in [9.17, 15) is 22.4 Å². The highest BCUT2D eigenvalue weighted by Crippen LogP contribution is 2.27. The first-order chi connectivity index (χ1) is 11.0. The van der Waals surface area contributed by atoms with Gasteiger partial charge in [0.15, 0.2) is 29.8 Å². The summed E-state index contributed by atoms with van der Waals surface area (Å²) in [5.41, 5.74) is 2.57. The summed E-state index contributed by atoms with van der Waals surface area (Å²) >= 11 is 0. The van der Waals surface area contributed by atoms with Crippen LogP contribution in [0.15, 0.2) is 24.3 Å². The molecule has 0 aromatic heterocycles. The minimum atomic E-state index is -1.66. The molecule has 6 heteroatoms. The van der Waals surface area contributed by atoms with Crippen molar-refractivity contribution < 1.29 is 27.1 Å². The molecule has 1 aliphatic rings. The second kappa shape index (κ2) is 6.02. The molecule has 0 spiro atoms. The van der Waals surface area contributed by atoms with Crippen LogP contribution in [0.4, 0.5) is 17.6 Å². The summed E-state index contributed by atoms with van der Waals surface area (Å²) in [5.74, 6) is -8.23. The number of rotatable bonds is 4. The summed E-state index contributed by atoms with van der Waals surface area (Å²) < 4.78 is 57.7. The molecule has 2 nitrogen and oxygen atoms in total. The van der Waals surface area contributed by atoms with E-state index in [4.69, 9.17) is 0 Å². The van der Waals surface area contributed by atoms with Crippen LogP contribution in [-0.2, 0) is 12.8 Å². The van der Waals surface area contributed by atoms with E-state index in [-0.39, 0.29) is 6.07 Å². The maximum atomic E-state index is 13.5. The number of benzene rings is 2. The van der Waals surface area contributed by atoms with Crippen molar-refractivity contribution >= 4 is 5.78 Å². The number of ether oxygens (including phenoxy) is 1. The Morgan fingerprint density at radius 3 is 2.30 bits per heavy atom. The fourth-order valence-corrected chi connectivity index (χ4v) is 2.64. The summed E-state index contributed by atoms with van der Waals surface area (Å²) in [5, 5.41) is 0. The number of carbonyl (C=O) groups excluding carboxylic acids is 1. The lowest BCUT2D eigenvalue weighted by molar-refractivity contribution is 0.0913. The first-order valence-electron chi connectivity index (χ1n) is 7.08. The van der Waals surface area contributed by atoms with Crippen LogP contribution in [0.1, 0.15) is 27.9 Å². The lowest BCUT2D eigenvalue weighted by atomic mass is 10.0. The number of fused-ring (bicyclic) bond motifs is 1. The zero-order chi connectivity index (χ0) is 16.6. The second-order valence-corrected chi connectivity index (χ2v) is 5.35. The van der Waals surface area contributed by atoms with Gasteiger partial charge in [-0.25, -0.2) is 8.78 Å². The van der Waals surface area contributed by atoms with Gasteiger partial charge in [0, 0.05) is 11.6 Å². The van der Waals surface area contributed by atoms with E-state index in [2.05, 4.69) is 4.74 Å². The average Bonchev–Trinajstić information content (AvgIpc) is 3.00. The van der Waals surface area contributed by atoms with Crippen LogP contribution in [0.2, 0.25) is 0 Å². The number of aryl methyl sites for hydroxylation is 2. The predicted molar refractivity (Wildman–Crippen MR) is 74.6 cm³/mol. The maximum Gasteiger partial charge on any atom is 0.203 e. The first kappa shape index (κ1) is 15.5. The molecule has 0 radical (unpaired) electrons. The molecule has 0 heterocycles. The number of carbonyl (C=O) groups is 1. The molecule has 2 aromatic rings. The van der Waals surface area contributed by atoms with E-state index in [1.807, 2.05) is 6.07 Å². The Balaban J connectivity index is 1.77. The van der Waals surface area contributed by atoms with Gasteiger partial charge in [0.2, 0.25) is 11.6 Å². The van der Waals surface area contributed by atoms with Gasteiger partial charge in [-0.1, -0.05) is 12.1 Å². The molecular weight excluding hydrogens is 312 g/mol. The average molecular weight is 324 g/mol. The lowest BCUT2D eigenvalue weighted by Crippen LogP contribution is -2.14. The molecule has 0 aliphatic heterocycles. The van der Waals surface area contributed by atoms with E-state index < -0.39 is 41.4 Å². The number of halogens is 4. The standard InChI is InChI=1S/C17H12F4O2/c18-12-7-13(19)16(21)17(15(12)20)23-8-14(22)11-5-4-9-2-1-3-10(9)6-11/h4-7H,1-3,8H2. The minimum absolute atomic E-state index is 0.0832. The maximum absolute atomic E-state index is 13.5. The van der Waals surface area contributed by atoms with Crippen molar-refractivity contribution in [2.75, 3.05) is 6.61 Å². The summed E-state index contributed by atoms with van der Waals surface area (Å²) in [6, 6.07) is 5.24. The van der Waals surface area contributed by atoms with Crippen LogP contribution in [-0.4, -0.2) is 12.4 Å². The molecular formula is C17H12F4O2. The highest BCUT2D eigenvalue weighted by Gasteiger charge is 2.22. The molecule has 0 N–H and O–H groups in total. The molecule has 0 saturated heterocycles. The van der Waals surface area contributed by atoms with Gasteiger partial charge in [0.05, 0.1) is 0 Å². The minimum Gasteiger partial charge on any atom is -0.479 e. The van der Waals surface area contributed by atoms with Crippen molar-refractivity contribution in [3.63, 3.8) is 0 Å². The Hall–Kier alpha value is -2.37. The van der Waals surface area contributed by atoms with Crippen LogP contribution in [0, 0.1) is 23.3 Å². The number of Topliss-reactive ketones (excluding diaryl/α,β-unsaturated/α-hetero) is 1. The van der Waals surface area contributed by atoms with Crippen molar-refractivity contribution in [2.24, 2.45) is 0 Å². The smallest absolute Gasteiger partial charge is 0.203 e. The van der Waals surface area contributed by atoms with Gasteiger partial charge in [-0.3, -0.25) is 4.79 Å². The Bertz CT molecular complexity index is 760. The molecule has 0 unspecified atom stereocenters. The van der Waals surface area contributed by atoms with Gasteiger partial charge >= 0.3 is 0 Å². The number of hydrogen-bond acceptors (Lipinski definition) is 2. The van der Waals surface area contributed by atoms with Crippen molar-refractivity contribution in [1.29, 1.82) is 0 Å². The molecule has 0 saturated carbocycles. The molecule has 1 aliphatic carbocycles. The fraction of sp³-hybridized carbons (Fsp3) is 0.235. The fourth-order valence-electron chi connectivity index (χ4n) is 2.64. The van der Waals surface area contributed by atoms with E-state index in [1.165, 1.54) is 5.56 Å². The topological polar surface area (TPSA) is 26.3 Å². The van der Waals surface area contributed by atoms with Gasteiger partial charge in [0.1, 0.15) is 0 Å². The SMILES string of the molecule is O=C(COc1c(F)c(F)cc(F)c1F)c1ccc2c(c1)CCC2. The summed E-state index contributed by atoms with van der Waals surface area (Å²) in [6.07, 6.45) is 2.84. The molecule has 0 amide bonds. The van der Waals surface area contributed by atoms with Gasteiger partial charge < -0.3 is 4.74 Å². The molecule has 0 bridgehead atoms. The van der Waals surface area contributed by atoms with Gasteiger partial charge in [0.25, 0.3) is 0 Å². The van der Waals surface area contributed by atoms with Crippen LogP contribution < -0.4 is 4.74 Å². The van der Waals surface area contributed by atoms with Gasteiger partial charge in [-0.15, -0.1) is 0 Å². The quantitative estimate of drug-likeness (QED) is 0.483. The summed E-state index contributed by atoms with van der Waals surface area (Å²) in [4.78, 5) is 12.1. The van der Waals surface area contributed by atoms with E-state index in [0.29, 0.717) is 5.56 Å². The van der Waals surface area contributed by atoms with Crippen molar-refractivity contribution in [2.45, 2.75) is 19.3 Å². The van der Waals surface area contributed by atoms with Crippen molar-refractivity contribution in [3.8, 4) is 5.75 Å². The zero-order valence-electron chi connectivity index (χ0n) is 12.0. The normalized spacial score (nSPS) is 13.0. The van der Waals surface area contributed by atoms with E-state index >= 15 is 0 Å². The van der Waals surface area contributed by atoms with Gasteiger partial charge in [-0.2, -0.15) is 8.78 Å². The van der Waals surface area contributed by atoms with Crippen molar-refractivity contribution in [1.82, 2.24) is 0 Å². The first-order valence-corrected chi connectivity index (χ1v) is 7.08. The Kier molecular flexibility index (Phi) is 4.07. The molecule has 23 heavy (non-hydrogen) atoms. The Labute approximate surface area is 129 Å². The third-order valence-electron chi connectivity index (χ3n) is 3.84. The lowest BCUT2D eigenvalue weighted by Gasteiger charge is -2.09. The highest BCUT2D eigenvalue weighted by atomic mass is 19.2. The third kappa shape index (κ3) is 2.93. The summed E-state index contributed by atoms with van der Waals surface area (Å²) in [7, 11) is 0. The Morgan fingerprint density at radius 2 is 1.61 bits per heavy atom. The summed E-state index contributed by atoms with van der Waals surface area (Å²) in [6.45, 7) is -0.713. The Morgan fingerprint density at radius 1 is 0.957 bits per heavy atom. The highest BCUT2D eigenvalue weighted by molar-refractivity contribution is 5.97. The van der Waals surface area contributed by atoms with Gasteiger partial charge in [-0.05, 0) is 36.5 Å². The third-order valence-corrected chi connectivity index (χ3v) is 3.84. The van der Waals surface area contributed by atoms with Crippen LogP contribution in [0.5, 0.6) is 5.75 Å². The van der Waals surface area contributed by atoms with Crippen molar-refractivity contribution in [3.05, 3.63) is 64.2 Å². The second-order valence-electron chi connectivity index (χ2n) is 5.35. The predicted octanol–water partition coefficient (Wildman–Crippen LogP) is 3.99. The number of hydrogen-bond donors (Lipinski definition) is 0. The zero-order valence-corrected chi connectivity index (χ0v) is 12.0. The molecule has 2 aromatic carbocycles. The molecule has 3 rings (SSSR count).